The minimum absolute atomic E-state index is 0.0169. The van der Waals surface area contributed by atoms with E-state index in [9.17, 15) is 0 Å². The number of nitrogens with one attached hydrogen (secondary N) is 1. The number of ether oxygens (including phenoxy) is 1. The van der Waals surface area contributed by atoms with Gasteiger partial charge in [0.25, 0.3) is 0 Å². The van der Waals surface area contributed by atoms with Crippen molar-refractivity contribution in [2.24, 2.45) is 11.1 Å². The fourth-order valence-corrected chi connectivity index (χ4v) is 2.10. The smallest absolute Gasteiger partial charge is 0.0484 e. The maximum atomic E-state index is 6.28. The average Bonchev–Trinajstić information content (AvgIpc) is 2.73. The summed E-state index contributed by atoms with van der Waals surface area (Å²) in [4.78, 5) is 0. The van der Waals surface area contributed by atoms with Gasteiger partial charge in [-0.05, 0) is 24.7 Å². The molecule has 2 aliphatic rings. The second-order valence-corrected chi connectivity index (χ2v) is 5.60. The Morgan fingerprint density at radius 1 is 1.36 bits per heavy atom. The van der Waals surface area contributed by atoms with Gasteiger partial charge in [-0.3, -0.25) is 0 Å². The molecule has 1 saturated heterocycles. The number of hydrogen-bond acceptors (Lipinski definition) is 3. The predicted octanol–water partition coefficient (Wildman–Crippen LogP) is 0.882. The van der Waals surface area contributed by atoms with Crippen LogP contribution in [0.5, 0.6) is 0 Å². The van der Waals surface area contributed by atoms with Crippen LogP contribution in [0.25, 0.3) is 0 Å². The van der Waals surface area contributed by atoms with E-state index < -0.39 is 0 Å². The molecule has 1 aliphatic heterocycles. The van der Waals surface area contributed by atoms with E-state index in [1.54, 1.807) is 0 Å². The highest BCUT2D eigenvalue weighted by Gasteiger charge is 2.46. The Balaban J connectivity index is 1.74. The Morgan fingerprint density at radius 2 is 1.93 bits per heavy atom. The maximum Gasteiger partial charge on any atom is 0.0484 e. The van der Waals surface area contributed by atoms with Crippen LogP contribution >= 0.6 is 0 Å². The third kappa shape index (κ3) is 2.27. The monoisotopic (exact) mass is 198 g/mol. The summed E-state index contributed by atoms with van der Waals surface area (Å²) in [5.41, 5.74) is 6.77. The van der Waals surface area contributed by atoms with Crippen molar-refractivity contribution < 1.29 is 4.74 Å². The van der Waals surface area contributed by atoms with Crippen molar-refractivity contribution in [3.05, 3.63) is 0 Å². The summed E-state index contributed by atoms with van der Waals surface area (Å²) in [6.07, 6.45) is 3.28. The summed E-state index contributed by atoms with van der Waals surface area (Å²) < 4.78 is 5.32. The fourth-order valence-electron chi connectivity index (χ4n) is 2.10. The summed E-state index contributed by atoms with van der Waals surface area (Å²) in [5.74, 6) is 0. The van der Waals surface area contributed by atoms with E-state index in [2.05, 4.69) is 19.2 Å². The quantitative estimate of drug-likeness (QED) is 0.708. The van der Waals surface area contributed by atoms with Gasteiger partial charge in [-0.15, -0.1) is 0 Å². The lowest BCUT2D eigenvalue weighted by Crippen LogP contribution is -2.53. The first-order valence-corrected chi connectivity index (χ1v) is 5.62. The SMILES string of the molecule is CC1(C)CC1NCC1(N)CCOCC1. The number of rotatable bonds is 3. The molecule has 0 aromatic carbocycles. The molecule has 0 radical (unpaired) electrons. The highest BCUT2D eigenvalue weighted by atomic mass is 16.5. The van der Waals surface area contributed by atoms with Gasteiger partial charge in [0.05, 0.1) is 0 Å². The summed E-state index contributed by atoms with van der Waals surface area (Å²) in [6, 6.07) is 0.686. The second-order valence-electron chi connectivity index (χ2n) is 5.60. The van der Waals surface area contributed by atoms with E-state index in [4.69, 9.17) is 10.5 Å². The van der Waals surface area contributed by atoms with Crippen LogP contribution in [0.1, 0.15) is 33.1 Å². The Kier molecular flexibility index (Phi) is 2.58. The van der Waals surface area contributed by atoms with Gasteiger partial charge in [0.15, 0.2) is 0 Å². The van der Waals surface area contributed by atoms with Crippen molar-refractivity contribution in [1.82, 2.24) is 5.32 Å². The van der Waals surface area contributed by atoms with E-state index in [-0.39, 0.29) is 5.54 Å². The minimum atomic E-state index is -0.0169. The number of hydrogen-bond donors (Lipinski definition) is 2. The average molecular weight is 198 g/mol. The van der Waals surface area contributed by atoms with Gasteiger partial charge in [-0.25, -0.2) is 0 Å². The molecule has 0 amide bonds. The third-order valence-corrected chi connectivity index (χ3v) is 3.70. The molecule has 82 valence electrons. The van der Waals surface area contributed by atoms with Gasteiger partial charge in [-0.2, -0.15) is 0 Å². The lowest BCUT2D eigenvalue weighted by atomic mass is 9.91. The first-order valence-electron chi connectivity index (χ1n) is 5.62. The van der Waals surface area contributed by atoms with Crippen molar-refractivity contribution in [2.45, 2.75) is 44.7 Å². The van der Waals surface area contributed by atoms with Gasteiger partial charge in [0.1, 0.15) is 0 Å². The fraction of sp³-hybridized carbons (Fsp3) is 1.00. The topological polar surface area (TPSA) is 47.3 Å². The molecule has 1 saturated carbocycles. The lowest BCUT2D eigenvalue weighted by molar-refractivity contribution is 0.0528. The Labute approximate surface area is 86.4 Å². The molecule has 3 N–H and O–H groups in total. The van der Waals surface area contributed by atoms with E-state index >= 15 is 0 Å². The molecule has 0 aromatic rings. The Hall–Kier alpha value is -0.120. The van der Waals surface area contributed by atoms with Crippen molar-refractivity contribution >= 4 is 0 Å². The summed E-state index contributed by atoms with van der Waals surface area (Å²) in [7, 11) is 0. The van der Waals surface area contributed by atoms with E-state index in [1.165, 1.54) is 6.42 Å². The molecular formula is C11H22N2O. The normalized spacial score (nSPS) is 34.1. The first kappa shape index (κ1) is 10.4. The van der Waals surface area contributed by atoms with Crippen LogP contribution in [0.3, 0.4) is 0 Å². The molecule has 14 heavy (non-hydrogen) atoms. The minimum Gasteiger partial charge on any atom is -0.381 e. The summed E-state index contributed by atoms with van der Waals surface area (Å²) in [5, 5.41) is 3.58. The molecule has 0 aromatic heterocycles. The van der Waals surface area contributed by atoms with Crippen LogP contribution in [0.15, 0.2) is 0 Å². The zero-order valence-electron chi connectivity index (χ0n) is 9.31. The van der Waals surface area contributed by atoms with Crippen LogP contribution in [-0.4, -0.2) is 31.3 Å². The molecule has 0 spiro atoms. The van der Waals surface area contributed by atoms with Crippen LogP contribution in [0, 0.1) is 5.41 Å². The molecule has 0 bridgehead atoms. The first-order chi connectivity index (χ1) is 6.52. The van der Waals surface area contributed by atoms with E-state index in [0.717, 1.165) is 32.6 Å². The van der Waals surface area contributed by atoms with Gasteiger partial charge in [0, 0.05) is 31.3 Å². The highest BCUT2D eigenvalue weighted by Crippen LogP contribution is 2.44. The second kappa shape index (κ2) is 3.47. The van der Waals surface area contributed by atoms with Crippen LogP contribution in [0.2, 0.25) is 0 Å². The van der Waals surface area contributed by atoms with E-state index in [0.29, 0.717) is 11.5 Å². The molecule has 1 unspecified atom stereocenters. The molecule has 1 atom stereocenters. The molecule has 3 nitrogen and oxygen atoms in total. The van der Waals surface area contributed by atoms with Crippen molar-refractivity contribution in [3.8, 4) is 0 Å². The molecule has 1 aliphatic carbocycles. The molecule has 1 heterocycles. The molecule has 2 rings (SSSR count). The zero-order valence-corrected chi connectivity index (χ0v) is 9.31. The van der Waals surface area contributed by atoms with Crippen molar-refractivity contribution in [2.75, 3.05) is 19.8 Å². The van der Waals surface area contributed by atoms with Gasteiger partial charge < -0.3 is 15.8 Å². The van der Waals surface area contributed by atoms with Crippen LogP contribution in [-0.2, 0) is 4.74 Å². The molecule has 3 heteroatoms. The standard InChI is InChI=1S/C11H22N2O/c1-10(2)7-9(10)13-8-11(12)3-5-14-6-4-11/h9,13H,3-8,12H2,1-2H3. The van der Waals surface area contributed by atoms with E-state index in [1.807, 2.05) is 0 Å². The van der Waals surface area contributed by atoms with Crippen LogP contribution < -0.4 is 11.1 Å². The Bertz CT molecular complexity index is 209. The summed E-state index contributed by atoms with van der Waals surface area (Å²) in [6.45, 7) is 7.21. The largest absolute Gasteiger partial charge is 0.381 e. The third-order valence-electron chi connectivity index (χ3n) is 3.70. The van der Waals surface area contributed by atoms with Gasteiger partial charge in [0.2, 0.25) is 0 Å². The predicted molar refractivity (Wildman–Crippen MR) is 57.2 cm³/mol. The van der Waals surface area contributed by atoms with Crippen molar-refractivity contribution in [1.29, 1.82) is 0 Å². The maximum absolute atomic E-state index is 6.28. The van der Waals surface area contributed by atoms with Gasteiger partial charge in [-0.1, -0.05) is 13.8 Å². The van der Waals surface area contributed by atoms with Crippen LogP contribution in [0.4, 0.5) is 0 Å². The molecule has 2 fully saturated rings. The lowest BCUT2D eigenvalue weighted by Gasteiger charge is -2.33. The Morgan fingerprint density at radius 3 is 2.43 bits per heavy atom. The zero-order chi connectivity index (χ0) is 10.2. The van der Waals surface area contributed by atoms with Crippen molar-refractivity contribution in [3.63, 3.8) is 0 Å². The van der Waals surface area contributed by atoms with Gasteiger partial charge >= 0.3 is 0 Å². The summed E-state index contributed by atoms with van der Waals surface area (Å²) >= 11 is 0. The highest BCUT2D eigenvalue weighted by molar-refractivity contribution is 5.03. The molecular weight excluding hydrogens is 176 g/mol. The number of nitrogens with two attached hydrogens (primary N) is 1.